The van der Waals surface area contributed by atoms with Gasteiger partial charge in [0.1, 0.15) is 30.1 Å². The Morgan fingerprint density at radius 2 is 1.74 bits per heavy atom. The molecule has 1 aliphatic heterocycles. The SMILES string of the molecule is CC(O)C(NC(=O)C1=CC2OC(C3CC3)(C3CC3)OC2C(OC(=O)c2ccccc2C=CCc2ccccc2O)C1)C(=O)NCCO. The number of aliphatic hydroxyl groups excluding tert-OH is 2. The Balaban J connectivity index is 1.22. The van der Waals surface area contributed by atoms with E-state index in [4.69, 9.17) is 19.3 Å². The summed E-state index contributed by atoms with van der Waals surface area (Å²) < 4.78 is 19.5. The van der Waals surface area contributed by atoms with Crippen LogP contribution in [-0.2, 0) is 30.2 Å². The van der Waals surface area contributed by atoms with Gasteiger partial charge in [0.2, 0.25) is 11.8 Å². The number of rotatable bonds is 13. The van der Waals surface area contributed by atoms with Gasteiger partial charge in [0.05, 0.1) is 18.3 Å². The van der Waals surface area contributed by atoms with Crippen LogP contribution in [-0.4, -0.2) is 82.5 Å². The summed E-state index contributed by atoms with van der Waals surface area (Å²) in [6.45, 7) is 1.08. The highest BCUT2D eigenvalue weighted by molar-refractivity contribution is 5.98. The Kier molecular flexibility index (Phi) is 9.79. The highest BCUT2D eigenvalue weighted by Gasteiger charge is 2.64. The third-order valence-corrected chi connectivity index (χ3v) is 9.23. The number of phenols is 1. The van der Waals surface area contributed by atoms with E-state index < -0.39 is 54.0 Å². The number of carbonyl (C=O) groups excluding carboxylic acids is 3. The monoisotopic (exact) mass is 646 g/mol. The Morgan fingerprint density at radius 3 is 2.43 bits per heavy atom. The number of fused-ring (bicyclic) bond motifs is 1. The van der Waals surface area contributed by atoms with Gasteiger partial charge < -0.3 is 40.2 Å². The van der Waals surface area contributed by atoms with Crippen molar-refractivity contribution in [3.63, 3.8) is 0 Å². The number of phenolic OH excluding ortho intramolecular Hbond substituents is 1. The second-order valence-corrected chi connectivity index (χ2v) is 12.8. The van der Waals surface area contributed by atoms with Gasteiger partial charge >= 0.3 is 5.97 Å². The lowest BCUT2D eigenvalue weighted by Crippen LogP contribution is -2.54. The van der Waals surface area contributed by atoms with E-state index in [1.807, 2.05) is 30.4 Å². The smallest absolute Gasteiger partial charge is 0.339 e. The summed E-state index contributed by atoms with van der Waals surface area (Å²) in [7, 11) is 0. The van der Waals surface area contributed by atoms with Crippen LogP contribution in [0.2, 0.25) is 0 Å². The molecule has 2 amide bonds. The van der Waals surface area contributed by atoms with Gasteiger partial charge in [-0.05, 0) is 68.4 Å². The third-order valence-electron chi connectivity index (χ3n) is 9.23. The second kappa shape index (κ2) is 14.0. The van der Waals surface area contributed by atoms with Crippen molar-refractivity contribution in [1.29, 1.82) is 0 Å². The number of ether oxygens (including phenoxy) is 3. The molecule has 4 aliphatic rings. The van der Waals surface area contributed by atoms with E-state index in [-0.39, 0.29) is 42.7 Å². The molecule has 3 fully saturated rings. The molecular formula is C36H42N2O9. The van der Waals surface area contributed by atoms with Crippen LogP contribution in [0.4, 0.5) is 0 Å². The van der Waals surface area contributed by atoms with Crippen LogP contribution in [0.25, 0.3) is 6.08 Å². The first kappa shape index (κ1) is 32.9. The van der Waals surface area contributed by atoms with Crippen LogP contribution in [0, 0.1) is 11.8 Å². The highest BCUT2D eigenvalue weighted by atomic mass is 16.8. The van der Waals surface area contributed by atoms with Crippen LogP contribution >= 0.6 is 0 Å². The normalized spacial score (nSPS) is 24.6. The molecule has 2 aromatic carbocycles. The van der Waals surface area contributed by atoms with E-state index in [9.17, 15) is 24.6 Å². The largest absolute Gasteiger partial charge is 0.508 e. The first-order valence-electron chi connectivity index (χ1n) is 16.4. The minimum absolute atomic E-state index is 0.0175. The zero-order valence-corrected chi connectivity index (χ0v) is 26.3. The lowest BCUT2D eigenvalue weighted by Gasteiger charge is -2.31. The fourth-order valence-electron chi connectivity index (χ4n) is 6.52. The Hall–Kier alpha value is -4.03. The molecule has 5 N–H and O–H groups in total. The minimum Gasteiger partial charge on any atom is -0.508 e. The predicted octanol–water partition coefficient (Wildman–Crippen LogP) is 2.78. The summed E-state index contributed by atoms with van der Waals surface area (Å²) >= 11 is 0. The standard InChI is InChI=1S/C36H42N2O9/c1-21(40)31(34(43)37-17-18-39)38-33(42)24-19-29(32-30(20-24)46-36(47-32,25-13-14-25)26-15-16-26)45-35(44)27-11-4-2-7-22(27)9-6-10-23-8-3-5-12-28(23)41/h2-9,11-12,20-21,25-26,29-32,39-41H,10,13-19H2,1H3,(H,37,43)(H,38,42). The maximum atomic E-state index is 13.8. The summed E-state index contributed by atoms with van der Waals surface area (Å²) in [6, 6.07) is 12.9. The molecule has 5 atom stereocenters. The Labute approximate surface area is 273 Å². The van der Waals surface area contributed by atoms with E-state index in [2.05, 4.69) is 10.6 Å². The van der Waals surface area contributed by atoms with Crippen molar-refractivity contribution >= 4 is 23.9 Å². The van der Waals surface area contributed by atoms with Crippen molar-refractivity contribution < 1.29 is 43.9 Å². The number of esters is 1. The number of amides is 2. The average molecular weight is 647 g/mol. The minimum atomic E-state index is -1.26. The van der Waals surface area contributed by atoms with Crippen molar-refractivity contribution in [2.45, 2.75) is 81.7 Å². The molecule has 0 aromatic heterocycles. The van der Waals surface area contributed by atoms with Gasteiger partial charge in [-0.1, -0.05) is 48.6 Å². The quantitative estimate of drug-likeness (QED) is 0.206. The van der Waals surface area contributed by atoms with E-state index >= 15 is 0 Å². The van der Waals surface area contributed by atoms with E-state index in [0.717, 1.165) is 31.2 Å². The van der Waals surface area contributed by atoms with Crippen molar-refractivity contribution in [1.82, 2.24) is 10.6 Å². The van der Waals surface area contributed by atoms with Crippen LogP contribution in [0.5, 0.6) is 5.75 Å². The fourth-order valence-corrected chi connectivity index (χ4v) is 6.52. The fraction of sp³-hybridized carbons (Fsp3) is 0.472. The number of benzene rings is 2. The summed E-state index contributed by atoms with van der Waals surface area (Å²) in [5.74, 6) is -1.91. The van der Waals surface area contributed by atoms with Gasteiger partial charge in [0.25, 0.3) is 0 Å². The van der Waals surface area contributed by atoms with Crippen molar-refractivity contribution in [3.8, 4) is 5.75 Å². The molecule has 11 heteroatoms. The number of aromatic hydroxyl groups is 1. The summed E-state index contributed by atoms with van der Waals surface area (Å²) in [5, 5.41) is 34.5. The van der Waals surface area contributed by atoms with Gasteiger partial charge in [0, 0.05) is 30.4 Å². The molecule has 11 nitrogen and oxygen atoms in total. The molecule has 47 heavy (non-hydrogen) atoms. The Morgan fingerprint density at radius 1 is 1.04 bits per heavy atom. The van der Waals surface area contributed by atoms with Crippen molar-refractivity contribution in [2.75, 3.05) is 13.2 Å². The van der Waals surface area contributed by atoms with Crippen molar-refractivity contribution in [2.24, 2.45) is 11.8 Å². The first-order valence-corrected chi connectivity index (χ1v) is 16.4. The van der Waals surface area contributed by atoms with Crippen molar-refractivity contribution in [3.05, 3.63) is 82.9 Å². The van der Waals surface area contributed by atoms with Crippen LogP contribution in [0.1, 0.15) is 60.5 Å². The van der Waals surface area contributed by atoms with E-state index in [0.29, 0.717) is 17.5 Å². The molecule has 2 saturated carbocycles. The maximum absolute atomic E-state index is 13.8. The molecule has 0 radical (unpaired) electrons. The zero-order chi connectivity index (χ0) is 33.1. The van der Waals surface area contributed by atoms with Gasteiger partial charge in [-0.2, -0.15) is 0 Å². The van der Waals surface area contributed by atoms with Gasteiger partial charge in [0.15, 0.2) is 5.79 Å². The number of hydrogen-bond donors (Lipinski definition) is 5. The van der Waals surface area contributed by atoms with Crippen LogP contribution < -0.4 is 10.6 Å². The number of allylic oxidation sites excluding steroid dienone is 1. The zero-order valence-electron chi connectivity index (χ0n) is 26.3. The number of hydrogen-bond acceptors (Lipinski definition) is 9. The number of carbonyl (C=O) groups is 3. The van der Waals surface area contributed by atoms with Gasteiger partial charge in [-0.25, -0.2) is 4.79 Å². The lowest BCUT2D eigenvalue weighted by molar-refractivity contribution is -0.209. The summed E-state index contributed by atoms with van der Waals surface area (Å²) in [5.41, 5.74) is 1.98. The van der Waals surface area contributed by atoms with Gasteiger partial charge in [-0.15, -0.1) is 0 Å². The van der Waals surface area contributed by atoms with E-state index in [1.165, 1.54) is 6.92 Å². The highest BCUT2D eigenvalue weighted by Crippen LogP contribution is 2.59. The molecule has 0 spiro atoms. The van der Waals surface area contributed by atoms with Crippen LogP contribution in [0.3, 0.4) is 0 Å². The van der Waals surface area contributed by atoms with Crippen LogP contribution in [0.15, 0.2) is 66.3 Å². The third kappa shape index (κ3) is 7.28. The predicted molar refractivity (Wildman–Crippen MR) is 171 cm³/mol. The molecule has 0 bridgehead atoms. The second-order valence-electron chi connectivity index (χ2n) is 12.8. The molecule has 1 heterocycles. The molecular weight excluding hydrogens is 604 g/mol. The molecule has 6 rings (SSSR count). The molecule has 1 saturated heterocycles. The number of nitrogens with one attached hydrogen (secondary N) is 2. The molecule has 2 aromatic rings. The molecule has 250 valence electrons. The lowest BCUT2D eigenvalue weighted by atomic mass is 9.91. The molecule has 5 unspecified atom stereocenters. The molecule has 3 aliphatic carbocycles. The van der Waals surface area contributed by atoms with Gasteiger partial charge in [-0.3, -0.25) is 9.59 Å². The average Bonchev–Trinajstić information content (AvgIpc) is 4.00. The topological polar surface area (TPSA) is 164 Å². The summed E-state index contributed by atoms with van der Waals surface area (Å²) in [4.78, 5) is 40.0. The first-order chi connectivity index (χ1) is 22.7. The number of para-hydroxylation sites is 1. The van der Waals surface area contributed by atoms with E-state index in [1.54, 1.807) is 36.4 Å². The number of aliphatic hydroxyl groups is 2. The summed E-state index contributed by atoms with van der Waals surface area (Å²) in [6.07, 6.45) is 6.45. The Bertz CT molecular complexity index is 1530. The maximum Gasteiger partial charge on any atom is 0.339 e.